The van der Waals surface area contributed by atoms with Crippen LogP contribution in [0, 0.1) is 6.92 Å². The Hall–Kier alpha value is -3.58. The standard InChI is InChI=1S/C23H21N5O2/c1-13-3-2-4-21(27-13)22-19(12-26-28-22)14-5-6-20-18(9-14)17(7-8-25-20)23(29)30-16-10-15(24)11-16/h2-9,12,15-16H,10-11,24H2,1H3,(H,26,28). The SMILES string of the molecule is Cc1cccc(-c2[nH]ncc2-c2ccc3nccc(C(=O)OC4CC(N)C4)c3c2)n1. The summed E-state index contributed by atoms with van der Waals surface area (Å²) in [6, 6.07) is 13.5. The van der Waals surface area contributed by atoms with E-state index in [4.69, 9.17) is 10.5 Å². The van der Waals surface area contributed by atoms with Gasteiger partial charge in [-0.15, -0.1) is 0 Å². The van der Waals surface area contributed by atoms with Crippen molar-refractivity contribution in [2.75, 3.05) is 0 Å². The van der Waals surface area contributed by atoms with Gasteiger partial charge in [-0.2, -0.15) is 5.10 Å². The zero-order chi connectivity index (χ0) is 20.7. The molecule has 1 fully saturated rings. The summed E-state index contributed by atoms with van der Waals surface area (Å²) in [6.07, 6.45) is 4.71. The zero-order valence-corrected chi connectivity index (χ0v) is 16.5. The van der Waals surface area contributed by atoms with Crippen molar-refractivity contribution in [3.63, 3.8) is 0 Å². The van der Waals surface area contributed by atoms with Crippen LogP contribution in [0.1, 0.15) is 28.9 Å². The van der Waals surface area contributed by atoms with Gasteiger partial charge in [0.15, 0.2) is 0 Å². The average molecular weight is 399 g/mol. The van der Waals surface area contributed by atoms with Crippen molar-refractivity contribution in [2.24, 2.45) is 5.73 Å². The number of pyridine rings is 2. The predicted octanol–water partition coefficient (Wildman–Crippen LogP) is 3.64. The van der Waals surface area contributed by atoms with Gasteiger partial charge in [-0.1, -0.05) is 12.1 Å². The average Bonchev–Trinajstić information content (AvgIpc) is 3.21. The first-order valence-corrected chi connectivity index (χ1v) is 9.91. The molecular weight excluding hydrogens is 378 g/mol. The molecule has 30 heavy (non-hydrogen) atoms. The molecule has 4 aromatic rings. The van der Waals surface area contributed by atoms with E-state index < -0.39 is 0 Å². The van der Waals surface area contributed by atoms with E-state index in [9.17, 15) is 4.79 Å². The Kier molecular flexibility index (Phi) is 4.52. The fourth-order valence-corrected chi connectivity index (χ4v) is 3.79. The number of H-pyrrole nitrogens is 1. The number of hydrogen-bond acceptors (Lipinski definition) is 6. The fraction of sp³-hybridized carbons (Fsp3) is 0.217. The minimum atomic E-state index is -0.343. The van der Waals surface area contributed by atoms with Crippen LogP contribution in [0.3, 0.4) is 0 Å². The van der Waals surface area contributed by atoms with Crippen LogP contribution in [0.5, 0.6) is 0 Å². The van der Waals surface area contributed by atoms with Gasteiger partial charge in [0.2, 0.25) is 0 Å². The van der Waals surface area contributed by atoms with Crippen LogP contribution < -0.4 is 5.73 Å². The van der Waals surface area contributed by atoms with E-state index in [-0.39, 0.29) is 18.1 Å². The molecule has 7 nitrogen and oxygen atoms in total. The molecule has 0 bridgehead atoms. The molecule has 3 N–H and O–H groups in total. The van der Waals surface area contributed by atoms with Crippen LogP contribution in [0.4, 0.5) is 0 Å². The first kappa shape index (κ1) is 18.4. The van der Waals surface area contributed by atoms with Gasteiger partial charge >= 0.3 is 5.97 Å². The monoisotopic (exact) mass is 399 g/mol. The number of carbonyl (C=O) groups is 1. The highest BCUT2D eigenvalue weighted by Gasteiger charge is 2.30. The van der Waals surface area contributed by atoms with Crippen LogP contribution in [-0.4, -0.2) is 38.3 Å². The number of rotatable bonds is 4. The van der Waals surface area contributed by atoms with E-state index in [0.29, 0.717) is 18.4 Å². The van der Waals surface area contributed by atoms with Crippen molar-refractivity contribution in [1.29, 1.82) is 0 Å². The number of aromatic nitrogens is 4. The van der Waals surface area contributed by atoms with Crippen LogP contribution in [0.15, 0.2) is 54.9 Å². The molecule has 1 aliphatic carbocycles. The van der Waals surface area contributed by atoms with Gasteiger partial charge in [0, 0.05) is 28.9 Å². The Balaban J connectivity index is 1.54. The smallest absolute Gasteiger partial charge is 0.339 e. The first-order chi connectivity index (χ1) is 14.6. The van der Waals surface area contributed by atoms with Crippen LogP contribution in [-0.2, 0) is 4.74 Å². The molecule has 0 saturated heterocycles. The lowest BCUT2D eigenvalue weighted by atomic mass is 9.90. The van der Waals surface area contributed by atoms with Crippen molar-refractivity contribution >= 4 is 16.9 Å². The number of benzene rings is 1. The number of esters is 1. The summed E-state index contributed by atoms with van der Waals surface area (Å²) in [6.45, 7) is 1.95. The molecule has 0 spiro atoms. The molecular formula is C23H21N5O2. The molecule has 0 unspecified atom stereocenters. The van der Waals surface area contributed by atoms with Gasteiger partial charge in [-0.3, -0.25) is 15.1 Å². The number of aryl methyl sites for hydroxylation is 1. The van der Waals surface area contributed by atoms with Crippen molar-refractivity contribution in [1.82, 2.24) is 20.2 Å². The molecule has 1 aromatic carbocycles. The highest BCUT2D eigenvalue weighted by Crippen LogP contribution is 2.32. The van der Waals surface area contributed by atoms with Crippen molar-refractivity contribution < 1.29 is 9.53 Å². The summed E-state index contributed by atoms with van der Waals surface area (Å²) in [5.41, 5.74) is 11.4. The topological polar surface area (TPSA) is 107 Å². The normalized spacial score (nSPS) is 18.2. The molecule has 3 aromatic heterocycles. The van der Waals surface area contributed by atoms with Crippen LogP contribution in [0.25, 0.3) is 33.4 Å². The molecule has 0 amide bonds. The van der Waals surface area contributed by atoms with Crippen molar-refractivity contribution in [2.45, 2.75) is 31.9 Å². The second-order valence-corrected chi connectivity index (χ2v) is 7.67. The van der Waals surface area contributed by atoms with Gasteiger partial charge in [0.05, 0.1) is 28.7 Å². The summed E-state index contributed by atoms with van der Waals surface area (Å²) in [5.74, 6) is -0.343. The van der Waals surface area contributed by atoms with Gasteiger partial charge in [-0.05, 0) is 55.7 Å². The largest absolute Gasteiger partial charge is 0.459 e. The second-order valence-electron chi connectivity index (χ2n) is 7.67. The van der Waals surface area contributed by atoms with Crippen molar-refractivity contribution in [3.8, 4) is 22.5 Å². The summed E-state index contributed by atoms with van der Waals surface area (Å²) in [7, 11) is 0. The number of ether oxygens (including phenoxy) is 1. The third kappa shape index (κ3) is 3.33. The molecule has 0 radical (unpaired) electrons. The van der Waals surface area contributed by atoms with E-state index in [2.05, 4.69) is 20.2 Å². The molecule has 3 heterocycles. The molecule has 150 valence electrons. The maximum Gasteiger partial charge on any atom is 0.339 e. The van der Waals surface area contributed by atoms with E-state index in [1.807, 2.05) is 43.3 Å². The number of nitrogens with two attached hydrogens (primary N) is 1. The highest BCUT2D eigenvalue weighted by molar-refractivity contribution is 6.04. The van der Waals surface area contributed by atoms with Crippen LogP contribution >= 0.6 is 0 Å². The summed E-state index contributed by atoms with van der Waals surface area (Å²) in [5, 5.41) is 8.01. The molecule has 5 rings (SSSR count). The van der Waals surface area contributed by atoms with Crippen LogP contribution in [0.2, 0.25) is 0 Å². The molecule has 0 aliphatic heterocycles. The Morgan fingerprint density at radius 2 is 2.07 bits per heavy atom. The van der Waals surface area contributed by atoms with Gasteiger partial charge in [0.1, 0.15) is 6.10 Å². The molecule has 1 saturated carbocycles. The van der Waals surface area contributed by atoms with Gasteiger partial charge < -0.3 is 10.5 Å². The first-order valence-electron chi connectivity index (χ1n) is 9.91. The summed E-state index contributed by atoms with van der Waals surface area (Å²) < 4.78 is 5.61. The highest BCUT2D eigenvalue weighted by atomic mass is 16.5. The third-order valence-corrected chi connectivity index (χ3v) is 5.46. The minimum Gasteiger partial charge on any atom is -0.459 e. The number of carbonyl (C=O) groups excluding carboxylic acids is 1. The number of aromatic amines is 1. The zero-order valence-electron chi connectivity index (χ0n) is 16.5. The minimum absolute atomic E-state index is 0.105. The molecule has 7 heteroatoms. The third-order valence-electron chi connectivity index (χ3n) is 5.46. The Bertz CT molecular complexity index is 1240. The Morgan fingerprint density at radius 3 is 2.87 bits per heavy atom. The molecule has 0 atom stereocenters. The maximum atomic E-state index is 12.8. The lowest BCUT2D eigenvalue weighted by Crippen LogP contribution is -2.42. The lowest BCUT2D eigenvalue weighted by molar-refractivity contribution is 0.00343. The van der Waals surface area contributed by atoms with E-state index >= 15 is 0 Å². The fourth-order valence-electron chi connectivity index (χ4n) is 3.79. The van der Waals surface area contributed by atoms with Gasteiger partial charge in [-0.25, -0.2) is 4.79 Å². The van der Waals surface area contributed by atoms with E-state index in [1.54, 1.807) is 18.5 Å². The van der Waals surface area contributed by atoms with Crippen molar-refractivity contribution in [3.05, 3.63) is 66.1 Å². The number of fused-ring (bicyclic) bond motifs is 1. The summed E-state index contributed by atoms with van der Waals surface area (Å²) in [4.78, 5) is 21.8. The number of nitrogens with zero attached hydrogens (tertiary/aromatic N) is 3. The Labute approximate surface area is 173 Å². The lowest BCUT2D eigenvalue weighted by Gasteiger charge is -2.31. The van der Waals surface area contributed by atoms with Gasteiger partial charge in [0.25, 0.3) is 0 Å². The molecule has 1 aliphatic rings. The summed E-state index contributed by atoms with van der Waals surface area (Å²) >= 11 is 0. The quantitative estimate of drug-likeness (QED) is 0.508. The number of hydrogen-bond donors (Lipinski definition) is 2. The maximum absolute atomic E-state index is 12.8. The second kappa shape index (κ2) is 7.35. The Morgan fingerprint density at radius 1 is 1.20 bits per heavy atom. The number of nitrogens with one attached hydrogen (secondary N) is 1. The van der Waals surface area contributed by atoms with E-state index in [1.165, 1.54) is 0 Å². The predicted molar refractivity (Wildman–Crippen MR) is 114 cm³/mol. The van der Waals surface area contributed by atoms with E-state index in [0.717, 1.165) is 39.1 Å².